The highest BCUT2D eigenvalue weighted by molar-refractivity contribution is 7.89. The van der Waals surface area contributed by atoms with E-state index in [1.54, 1.807) is 13.2 Å². The monoisotopic (exact) mass is 452 g/mol. The van der Waals surface area contributed by atoms with Gasteiger partial charge in [0, 0.05) is 24.1 Å². The molecule has 30 heavy (non-hydrogen) atoms. The van der Waals surface area contributed by atoms with Gasteiger partial charge in [0.15, 0.2) is 0 Å². The minimum absolute atomic E-state index is 0.0736. The molecule has 2 aromatic carbocycles. The lowest BCUT2D eigenvalue weighted by Crippen LogP contribution is -2.44. The summed E-state index contributed by atoms with van der Waals surface area (Å²) in [6.07, 6.45) is 0.534. The highest BCUT2D eigenvalue weighted by Gasteiger charge is 2.35. The van der Waals surface area contributed by atoms with Crippen LogP contribution in [-0.4, -0.2) is 44.9 Å². The SMILES string of the molecule is COc1ccc2c(c1)[C@@H](NC(=O)CN(C)S(=O)(=O)c1ccc(Cl)cc1)CC(C)(C)O2. The smallest absolute Gasteiger partial charge is 0.243 e. The molecule has 1 atom stereocenters. The summed E-state index contributed by atoms with van der Waals surface area (Å²) in [5, 5.41) is 3.38. The van der Waals surface area contributed by atoms with Crippen molar-refractivity contribution in [1.82, 2.24) is 9.62 Å². The lowest BCUT2D eigenvalue weighted by Gasteiger charge is -2.38. The number of benzene rings is 2. The van der Waals surface area contributed by atoms with Gasteiger partial charge in [-0.05, 0) is 56.3 Å². The number of methoxy groups -OCH3 is 1. The molecule has 162 valence electrons. The number of nitrogens with one attached hydrogen (secondary N) is 1. The zero-order chi connectivity index (χ0) is 22.1. The highest BCUT2D eigenvalue weighted by Crippen LogP contribution is 2.41. The molecule has 0 radical (unpaired) electrons. The number of hydrogen-bond acceptors (Lipinski definition) is 5. The van der Waals surface area contributed by atoms with Crippen molar-refractivity contribution in [3.8, 4) is 11.5 Å². The minimum Gasteiger partial charge on any atom is -0.497 e. The second-order valence-corrected chi connectivity index (χ2v) is 10.3. The van der Waals surface area contributed by atoms with Gasteiger partial charge in [-0.1, -0.05) is 11.6 Å². The zero-order valence-corrected chi connectivity index (χ0v) is 18.9. The highest BCUT2D eigenvalue weighted by atomic mass is 35.5. The van der Waals surface area contributed by atoms with Gasteiger partial charge in [0.2, 0.25) is 15.9 Å². The molecule has 1 aliphatic heterocycles. The number of halogens is 1. The van der Waals surface area contributed by atoms with Gasteiger partial charge in [-0.3, -0.25) is 4.79 Å². The molecular formula is C21H25ClN2O5S. The lowest BCUT2D eigenvalue weighted by molar-refractivity contribution is -0.122. The van der Waals surface area contributed by atoms with Gasteiger partial charge in [0.05, 0.1) is 24.6 Å². The number of ether oxygens (including phenoxy) is 2. The molecule has 0 unspecified atom stereocenters. The van der Waals surface area contributed by atoms with E-state index in [0.29, 0.717) is 22.9 Å². The van der Waals surface area contributed by atoms with Crippen molar-refractivity contribution >= 4 is 27.5 Å². The number of carbonyl (C=O) groups is 1. The molecule has 1 heterocycles. The first-order chi connectivity index (χ1) is 14.0. The van der Waals surface area contributed by atoms with Crippen LogP contribution < -0.4 is 14.8 Å². The summed E-state index contributed by atoms with van der Waals surface area (Å²) in [5.74, 6) is 0.907. The Labute approximate surface area is 182 Å². The number of fused-ring (bicyclic) bond motifs is 1. The van der Waals surface area contributed by atoms with Crippen molar-refractivity contribution in [2.45, 2.75) is 36.8 Å². The summed E-state index contributed by atoms with van der Waals surface area (Å²) in [4.78, 5) is 12.8. The molecule has 0 spiro atoms. The fourth-order valence-electron chi connectivity index (χ4n) is 3.40. The quantitative estimate of drug-likeness (QED) is 0.726. The van der Waals surface area contributed by atoms with Gasteiger partial charge >= 0.3 is 0 Å². The first-order valence-corrected chi connectivity index (χ1v) is 11.2. The Kier molecular flexibility index (Phi) is 6.31. The predicted octanol–water partition coefficient (Wildman–Crippen LogP) is 3.39. The van der Waals surface area contributed by atoms with Gasteiger partial charge in [0.1, 0.15) is 17.1 Å². The van der Waals surface area contributed by atoms with E-state index >= 15 is 0 Å². The Balaban J connectivity index is 1.76. The number of amides is 1. The van der Waals surface area contributed by atoms with Crippen LogP contribution in [0.4, 0.5) is 0 Å². The van der Waals surface area contributed by atoms with E-state index < -0.39 is 21.5 Å². The van der Waals surface area contributed by atoms with Gasteiger partial charge in [-0.25, -0.2) is 8.42 Å². The van der Waals surface area contributed by atoms with E-state index in [9.17, 15) is 13.2 Å². The van der Waals surface area contributed by atoms with Crippen LogP contribution in [0.25, 0.3) is 0 Å². The molecule has 7 nitrogen and oxygen atoms in total. The van der Waals surface area contributed by atoms with Gasteiger partial charge in [0.25, 0.3) is 0 Å². The minimum atomic E-state index is -3.82. The first-order valence-electron chi connectivity index (χ1n) is 9.40. The Morgan fingerprint density at radius 2 is 1.93 bits per heavy atom. The number of carbonyl (C=O) groups excluding carboxylic acids is 1. The van der Waals surface area contributed by atoms with Crippen molar-refractivity contribution in [3.63, 3.8) is 0 Å². The molecule has 0 saturated heterocycles. The molecule has 1 amide bonds. The molecule has 3 rings (SSSR count). The molecule has 0 bridgehead atoms. The number of sulfonamides is 1. The average Bonchev–Trinajstić information content (AvgIpc) is 2.67. The molecular weight excluding hydrogens is 428 g/mol. The van der Waals surface area contributed by atoms with Crippen LogP contribution in [0.1, 0.15) is 31.9 Å². The maximum atomic E-state index is 12.7. The van der Waals surface area contributed by atoms with Crippen LogP contribution in [-0.2, 0) is 14.8 Å². The molecule has 0 aliphatic carbocycles. The third kappa shape index (κ3) is 4.88. The first kappa shape index (κ1) is 22.4. The van der Waals surface area contributed by atoms with Gasteiger partial charge in [-0.2, -0.15) is 4.31 Å². The van der Waals surface area contributed by atoms with E-state index in [2.05, 4.69) is 5.32 Å². The fourth-order valence-corrected chi connectivity index (χ4v) is 4.66. The van der Waals surface area contributed by atoms with E-state index in [1.165, 1.54) is 31.3 Å². The average molecular weight is 453 g/mol. The van der Waals surface area contributed by atoms with E-state index in [0.717, 1.165) is 9.87 Å². The van der Waals surface area contributed by atoms with Crippen LogP contribution in [0.3, 0.4) is 0 Å². The Bertz CT molecular complexity index is 1040. The standard InChI is InChI=1S/C21H25ClN2O5S/c1-21(2)12-18(17-11-15(28-4)7-10-19(17)29-21)23-20(25)13-24(3)30(26,27)16-8-5-14(22)6-9-16/h5-11,18H,12-13H2,1-4H3,(H,23,25)/t18-/m0/s1. The number of hydrogen-bond donors (Lipinski definition) is 1. The van der Waals surface area contributed by atoms with Crippen molar-refractivity contribution in [1.29, 1.82) is 0 Å². The van der Waals surface area contributed by atoms with E-state index in [-0.39, 0.29) is 17.5 Å². The van der Waals surface area contributed by atoms with Gasteiger partial charge < -0.3 is 14.8 Å². The summed E-state index contributed by atoms with van der Waals surface area (Å²) in [6, 6.07) is 10.9. The fraction of sp³-hybridized carbons (Fsp3) is 0.381. The Hall–Kier alpha value is -2.29. The summed E-state index contributed by atoms with van der Waals surface area (Å²) < 4.78 is 37.8. The maximum Gasteiger partial charge on any atom is 0.243 e. The summed E-state index contributed by atoms with van der Waals surface area (Å²) in [5.41, 5.74) is 0.311. The van der Waals surface area contributed by atoms with Crippen molar-refractivity contribution in [2.24, 2.45) is 0 Å². The summed E-state index contributed by atoms with van der Waals surface area (Å²) in [7, 11) is -0.878. The molecule has 0 aromatic heterocycles. The normalized spacial score (nSPS) is 17.7. The van der Waals surface area contributed by atoms with Crippen LogP contribution in [0.15, 0.2) is 47.4 Å². The number of nitrogens with zero attached hydrogens (tertiary/aromatic N) is 1. The Morgan fingerprint density at radius 1 is 1.27 bits per heavy atom. The van der Waals surface area contributed by atoms with E-state index in [4.69, 9.17) is 21.1 Å². The molecule has 0 saturated carbocycles. The molecule has 1 N–H and O–H groups in total. The third-order valence-corrected chi connectivity index (χ3v) is 6.97. The van der Waals surface area contributed by atoms with Crippen LogP contribution in [0.5, 0.6) is 11.5 Å². The van der Waals surface area contributed by atoms with Crippen molar-refractivity contribution in [3.05, 3.63) is 53.1 Å². The third-order valence-electron chi connectivity index (χ3n) is 4.90. The van der Waals surface area contributed by atoms with Crippen molar-refractivity contribution in [2.75, 3.05) is 20.7 Å². The van der Waals surface area contributed by atoms with Crippen LogP contribution in [0.2, 0.25) is 5.02 Å². The predicted molar refractivity (Wildman–Crippen MR) is 114 cm³/mol. The second-order valence-electron chi connectivity index (χ2n) is 7.80. The largest absolute Gasteiger partial charge is 0.497 e. The molecule has 2 aromatic rings. The van der Waals surface area contributed by atoms with Gasteiger partial charge in [-0.15, -0.1) is 0 Å². The van der Waals surface area contributed by atoms with Crippen LogP contribution in [0, 0.1) is 0 Å². The number of likely N-dealkylation sites (N-methyl/N-ethyl adjacent to an activating group) is 1. The second kappa shape index (κ2) is 8.45. The lowest BCUT2D eigenvalue weighted by atomic mass is 9.89. The molecule has 0 fully saturated rings. The maximum absolute atomic E-state index is 12.7. The van der Waals surface area contributed by atoms with Crippen molar-refractivity contribution < 1.29 is 22.7 Å². The zero-order valence-electron chi connectivity index (χ0n) is 17.3. The topological polar surface area (TPSA) is 84.9 Å². The summed E-state index contributed by atoms with van der Waals surface area (Å²) in [6.45, 7) is 3.56. The van der Waals surface area contributed by atoms with E-state index in [1.807, 2.05) is 26.0 Å². The summed E-state index contributed by atoms with van der Waals surface area (Å²) >= 11 is 5.83. The Morgan fingerprint density at radius 3 is 2.57 bits per heavy atom. The molecule has 9 heteroatoms. The number of rotatable bonds is 6. The molecule has 1 aliphatic rings. The van der Waals surface area contributed by atoms with Crippen LogP contribution >= 0.6 is 11.6 Å².